The number of nitrogens with one attached hydrogen (secondary N) is 2. The fourth-order valence-corrected chi connectivity index (χ4v) is 3.33. The van der Waals surface area contributed by atoms with E-state index in [1.54, 1.807) is 0 Å². The smallest absolute Gasteiger partial charge is 0.231 e. The highest BCUT2D eigenvalue weighted by Crippen LogP contribution is 2.40. The third kappa shape index (κ3) is 4.94. The summed E-state index contributed by atoms with van der Waals surface area (Å²) < 4.78 is 16.7. The second-order valence-corrected chi connectivity index (χ2v) is 7.16. The van der Waals surface area contributed by atoms with Gasteiger partial charge in [-0.1, -0.05) is 19.9 Å². The highest BCUT2D eigenvalue weighted by Gasteiger charge is 2.35. The van der Waals surface area contributed by atoms with E-state index < -0.39 is 0 Å². The number of hydrogen-bond donors (Lipinski definition) is 2. The first kappa shape index (κ1) is 21.1. The lowest BCUT2D eigenvalue weighted by Gasteiger charge is -2.38. The number of aliphatic imine (C=N–C) groups is 1. The van der Waals surface area contributed by atoms with Crippen molar-refractivity contribution < 1.29 is 14.2 Å². The fourth-order valence-electron chi connectivity index (χ4n) is 3.33. The summed E-state index contributed by atoms with van der Waals surface area (Å²) in [6, 6.07) is 6.30. The predicted molar refractivity (Wildman–Crippen MR) is 114 cm³/mol. The number of rotatable bonds is 5. The van der Waals surface area contributed by atoms with Crippen LogP contribution in [0, 0.1) is 5.92 Å². The third-order valence-corrected chi connectivity index (χ3v) is 4.93. The van der Waals surface area contributed by atoms with Crippen molar-refractivity contribution in [1.29, 1.82) is 0 Å². The van der Waals surface area contributed by atoms with E-state index in [4.69, 9.17) is 14.2 Å². The summed E-state index contributed by atoms with van der Waals surface area (Å²) in [5.41, 5.74) is 1.28. The number of benzene rings is 1. The van der Waals surface area contributed by atoms with Gasteiger partial charge in [-0.3, -0.25) is 4.99 Å². The largest absolute Gasteiger partial charge is 0.454 e. The van der Waals surface area contributed by atoms with Crippen LogP contribution in [0.1, 0.15) is 32.3 Å². The van der Waals surface area contributed by atoms with E-state index in [1.165, 1.54) is 5.56 Å². The number of halogens is 1. The molecule has 6 nitrogen and oxygen atoms in total. The van der Waals surface area contributed by atoms with Crippen LogP contribution in [0.25, 0.3) is 0 Å². The molecule has 146 valence electrons. The molecule has 3 rings (SSSR count). The van der Waals surface area contributed by atoms with E-state index >= 15 is 0 Å². The monoisotopic (exact) mass is 475 g/mol. The van der Waals surface area contributed by atoms with Crippen molar-refractivity contribution in [1.82, 2.24) is 10.6 Å². The zero-order chi connectivity index (χ0) is 17.7. The van der Waals surface area contributed by atoms with Gasteiger partial charge in [-0.2, -0.15) is 0 Å². The van der Waals surface area contributed by atoms with Crippen LogP contribution in [-0.4, -0.2) is 46.1 Å². The molecule has 2 aliphatic heterocycles. The molecule has 1 aromatic carbocycles. The maximum absolute atomic E-state index is 5.62. The fraction of sp³-hybridized carbons (Fsp3) is 0.632. The second-order valence-electron chi connectivity index (χ2n) is 7.16. The molecule has 0 radical (unpaired) electrons. The number of guanidine groups is 1. The van der Waals surface area contributed by atoms with Crippen molar-refractivity contribution in [3.8, 4) is 11.5 Å². The summed E-state index contributed by atoms with van der Waals surface area (Å²) in [4.78, 5) is 4.35. The molecule has 0 amide bonds. The highest BCUT2D eigenvalue weighted by atomic mass is 127. The van der Waals surface area contributed by atoms with Gasteiger partial charge in [0.1, 0.15) is 0 Å². The lowest BCUT2D eigenvalue weighted by Crippen LogP contribution is -2.48. The normalized spacial score (nSPS) is 18.4. The molecule has 1 fully saturated rings. The highest BCUT2D eigenvalue weighted by molar-refractivity contribution is 14.0. The Kier molecular flexibility index (Phi) is 7.82. The van der Waals surface area contributed by atoms with Gasteiger partial charge < -0.3 is 24.8 Å². The minimum absolute atomic E-state index is 0. The average molecular weight is 475 g/mol. The zero-order valence-electron chi connectivity index (χ0n) is 15.8. The Morgan fingerprint density at radius 2 is 1.88 bits per heavy atom. The Balaban J connectivity index is 0.00000243. The van der Waals surface area contributed by atoms with Crippen LogP contribution in [0.15, 0.2) is 23.2 Å². The maximum atomic E-state index is 5.62. The first-order valence-corrected chi connectivity index (χ1v) is 9.05. The Labute approximate surface area is 173 Å². The van der Waals surface area contributed by atoms with Crippen LogP contribution in [0.4, 0.5) is 0 Å². The summed E-state index contributed by atoms with van der Waals surface area (Å²) in [5.74, 6) is 3.09. The second kappa shape index (κ2) is 9.64. The van der Waals surface area contributed by atoms with Crippen molar-refractivity contribution in [3.05, 3.63) is 23.8 Å². The summed E-state index contributed by atoms with van der Waals surface area (Å²) >= 11 is 0. The van der Waals surface area contributed by atoms with E-state index in [1.807, 2.05) is 13.1 Å². The van der Waals surface area contributed by atoms with Crippen molar-refractivity contribution in [2.75, 3.05) is 40.1 Å². The molecule has 0 spiro atoms. The molecular weight excluding hydrogens is 445 g/mol. The van der Waals surface area contributed by atoms with Gasteiger partial charge in [0.25, 0.3) is 0 Å². The van der Waals surface area contributed by atoms with Crippen molar-refractivity contribution in [3.63, 3.8) is 0 Å². The van der Waals surface area contributed by atoms with Crippen molar-refractivity contribution in [2.24, 2.45) is 10.9 Å². The first-order chi connectivity index (χ1) is 12.1. The third-order valence-electron chi connectivity index (χ3n) is 4.93. The molecule has 0 saturated carbocycles. The molecule has 1 saturated heterocycles. The minimum atomic E-state index is 0. The van der Waals surface area contributed by atoms with Crippen LogP contribution in [0.3, 0.4) is 0 Å². The summed E-state index contributed by atoms with van der Waals surface area (Å²) in [6.45, 7) is 7.94. The molecule has 2 aliphatic rings. The van der Waals surface area contributed by atoms with Gasteiger partial charge in [-0.05, 0) is 36.5 Å². The van der Waals surface area contributed by atoms with Gasteiger partial charge in [0.15, 0.2) is 17.5 Å². The summed E-state index contributed by atoms with van der Waals surface area (Å²) in [7, 11) is 1.81. The maximum Gasteiger partial charge on any atom is 0.231 e. The van der Waals surface area contributed by atoms with Gasteiger partial charge in [0.2, 0.25) is 6.79 Å². The molecule has 0 bridgehead atoms. The molecule has 0 unspecified atom stereocenters. The number of nitrogens with zero attached hydrogens (tertiary/aromatic N) is 1. The molecule has 0 aliphatic carbocycles. The van der Waals surface area contributed by atoms with Crippen molar-refractivity contribution >= 4 is 29.9 Å². The quantitative estimate of drug-likeness (QED) is 0.390. The minimum Gasteiger partial charge on any atom is -0.454 e. The van der Waals surface area contributed by atoms with Gasteiger partial charge in [0, 0.05) is 38.8 Å². The molecule has 0 atom stereocenters. The van der Waals surface area contributed by atoms with Crippen LogP contribution in [0.2, 0.25) is 0 Å². The van der Waals surface area contributed by atoms with Gasteiger partial charge in [-0.15, -0.1) is 24.0 Å². The van der Waals surface area contributed by atoms with Gasteiger partial charge in [0.05, 0.1) is 0 Å². The molecule has 0 aromatic heterocycles. The lowest BCUT2D eigenvalue weighted by molar-refractivity contribution is 0.0513. The van der Waals surface area contributed by atoms with Crippen LogP contribution in [-0.2, 0) is 10.2 Å². The topological polar surface area (TPSA) is 64.1 Å². The van der Waals surface area contributed by atoms with E-state index in [0.717, 1.165) is 56.6 Å². The Morgan fingerprint density at radius 1 is 1.15 bits per heavy atom. The SMILES string of the molecule is CN=C(NCC(C)C)NCC1(c2ccc3c(c2)OCO3)CCOCC1.I. The number of fused-ring (bicyclic) bond motifs is 1. The lowest BCUT2D eigenvalue weighted by atomic mass is 9.74. The number of hydrogen-bond acceptors (Lipinski definition) is 4. The van der Waals surface area contributed by atoms with Crippen LogP contribution in [0.5, 0.6) is 11.5 Å². The van der Waals surface area contributed by atoms with E-state index in [2.05, 4.69) is 41.6 Å². The summed E-state index contributed by atoms with van der Waals surface area (Å²) in [5, 5.41) is 6.89. The van der Waals surface area contributed by atoms with Crippen molar-refractivity contribution in [2.45, 2.75) is 32.1 Å². The number of ether oxygens (including phenoxy) is 3. The molecule has 1 aromatic rings. The Morgan fingerprint density at radius 3 is 2.58 bits per heavy atom. The van der Waals surface area contributed by atoms with Gasteiger partial charge >= 0.3 is 0 Å². The molecule has 26 heavy (non-hydrogen) atoms. The zero-order valence-corrected chi connectivity index (χ0v) is 18.2. The first-order valence-electron chi connectivity index (χ1n) is 9.05. The molecule has 7 heteroatoms. The Hall–Kier alpha value is -1.22. The average Bonchev–Trinajstić information content (AvgIpc) is 3.10. The standard InChI is InChI=1S/C19H29N3O3.HI/c1-14(2)11-21-18(20-3)22-12-19(6-8-23-9-7-19)15-4-5-16-17(10-15)25-13-24-16;/h4-5,10,14H,6-9,11-13H2,1-3H3,(H2,20,21,22);1H. The summed E-state index contributed by atoms with van der Waals surface area (Å²) in [6.07, 6.45) is 1.95. The Bertz CT molecular complexity index is 616. The van der Waals surface area contributed by atoms with E-state index in [-0.39, 0.29) is 29.4 Å². The van der Waals surface area contributed by atoms with E-state index in [9.17, 15) is 0 Å². The van der Waals surface area contributed by atoms with Crippen LogP contribution < -0.4 is 20.1 Å². The van der Waals surface area contributed by atoms with E-state index in [0.29, 0.717) is 12.7 Å². The van der Waals surface area contributed by atoms with Crippen LogP contribution >= 0.6 is 24.0 Å². The molecule has 2 heterocycles. The van der Waals surface area contributed by atoms with Gasteiger partial charge in [-0.25, -0.2) is 0 Å². The molecular formula is C19H30IN3O3. The predicted octanol–water partition coefficient (Wildman–Crippen LogP) is 2.90. The molecule has 2 N–H and O–H groups in total.